The summed E-state index contributed by atoms with van der Waals surface area (Å²) in [5, 5.41) is 3.32. The van der Waals surface area contributed by atoms with Crippen molar-refractivity contribution in [3.63, 3.8) is 0 Å². The van der Waals surface area contributed by atoms with Gasteiger partial charge in [-0.3, -0.25) is 0 Å². The molecule has 1 nitrogen and oxygen atoms in total. The molecule has 0 bridgehead atoms. The lowest BCUT2D eigenvalue weighted by atomic mass is 10.3. The van der Waals surface area contributed by atoms with Crippen molar-refractivity contribution < 1.29 is 0 Å². The fraction of sp³-hybridized carbons (Fsp3) is 1.00. The third-order valence-corrected chi connectivity index (χ3v) is 1.44. The zero-order chi connectivity index (χ0) is 6.57. The zero-order valence-corrected chi connectivity index (χ0v) is 6.70. The van der Waals surface area contributed by atoms with Gasteiger partial charge in [-0.25, -0.2) is 0 Å². The highest BCUT2D eigenvalue weighted by molar-refractivity contribution is 7.80. The molecule has 1 atom stereocenters. The van der Waals surface area contributed by atoms with Crippen LogP contribution in [0.1, 0.15) is 20.8 Å². The van der Waals surface area contributed by atoms with Gasteiger partial charge in [-0.05, 0) is 6.92 Å². The Bertz CT molecular complexity index is 54.5. The molecule has 1 unspecified atom stereocenters. The largest absolute Gasteiger partial charge is 0.311 e. The number of hydrogen-bond donors (Lipinski definition) is 2. The monoisotopic (exact) mass is 133 g/mol. The lowest BCUT2D eigenvalue weighted by Crippen LogP contribution is -2.33. The van der Waals surface area contributed by atoms with Crippen LogP contribution in [-0.4, -0.2) is 17.8 Å². The van der Waals surface area contributed by atoms with Crippen molar-refractivity contribution >= 4 is 12.6 Å². The molecule has 0 rings (SSSR count). The van der Waals surface area contributed by atoms with Crippen LogP contribution in [0.15, 0.2) is 0 Å². The van der Waals surface area contributed by atoms with E-state index in [1.807, 2.05) is 0 Å². The standard InChI is InChI=1S/C6H15NS/c1-5(2)7-6(3)4-8/h5-8H,4H2,1-3H3. The highest BCUT2D eigenvalue weighted by atomic mass is 32.1. The smallest absolute Gasteiger partial charge is 0.0129 e. The average molecular weight is 133 g/mol. The van der Waals surface area contributed by atoms with E-state index in [-0.39, 0.29) is 0 Å². The van der Waals surface area contributed by atoms with E-state index in [9.17, 15) is 0 Å². The Hall–Kier alpha value is 0.310. The predicted molar refractivity (Wildman–Crippen MR) is 41.6 cm³/mol. The van der Waals surface area contributed by atoms with Gasteiger partial charge in [-0.1, -0.05) is 13.8 Å². The summed E-state index contributed by atoms with van der Waals surface area (Å²) in [5.74, 6) is 0.915. The molecule has 0 saturated carbocycles. The van der Waals surface area contributed by atoms with E-state index in [1.165, 1.54) is 0 Å². The maximum atomic E-state index is 4.13. The summed E-state index contributed by atoms with van der Waals surface area (Å²) in [6, 6.07) is 1.12. The molecule has 0 spiro atoms. The van der Waals surface area contributed by atoms with E-state index < -0.39 is 0 Å². The van der Waals surface area contributed by atoms with Crippen molar-refractivity contribution in [2.24, 2.45) is 0 Å². The quantitative estimate of drug-likeness (QED) is 0.553. The van der Waals surface area contributed by atoms with E-state index in [0.29, 0.717) is 12.1 Å². The Morgan fingerprint density at radius 1 is 1.38 bits per heavy atom. The lowest BCUT2D eigenvalue weighted by molar-refractivity contribution is 0.524. The molecule has 0 aliphatic rings. The van der Waals surface area contributed by atoms with Gasteiger partial charge < -0.3 is 5.32 Å². The van der Waals surface area contributed by atoms with Gasteiger partial charge in [0.05, 0.1) is 0 Å². The summed E-state index contributed by atoms with van der Waals surface area (Å²) in [5.41, 5.74) is 0. The number of hydrogen-bond acceptors (Lipinski definition) is 2. The fourth-order valence-corrected chi connectivity index (χ4v) is 0.727. The highest BCUT2D eigenvalue weighted by Crippen LogP contribution is 1.87. The first-order valence-electron chi connectivity index (χ1n) is 3.03. The van der Waals surface area contributed by atoms with E-state index >= 15 is 0 Å². The molecule has 1 N–H and O–H groups in total. The SMILES string of the molecule is CC(C)NC(C)CS. The normalized spacial score (nSPS) is 14.6. The predicted octanol–water partition coefficient (Wildman–Crippen LogP) is 1.30. The third-order valence-electron chi connectivity index (χ3n) is 0.892. The molecule has 0 saturated heterocycles. The first-order chi connectivity index (χ1) is 3.66. The second-order valence-electron chi connectivity index (χ2n) is 2.40. The van der Waals surface area contributed by atoms with Crippen LogP contribution in [-0.2, 0) is 0 Å². The summed E-state index contributed by atoms with van der Waals surface area (Å²) in [7, 11) is 0. The van der Waals surface area contributed by atoms with E-state index in [1.54, 1.807) is 0 Å². The Labute approximate surface area is 57.3 Å². The molecule has 0 aromatic rings. The molecular formula is C6H15NS. The summed E-state index contributed by atoms with van der Waals surface area (Å²) in [6.07, 6.45) is 0. The van der Waals surface area contributed by atoms with Gasteiger partial charge in [0, 0.05) is 17.8 Å². The van der Waals surface area contributed by atoms with Gasteiger partial charge in [0.25, 0.3) is 0 Å². The molecule has 0 aromatic carbocycles. The summed E-state index contributed by atoms with van der Waals surface area (Å²) >= 11 is 4.13. The van der Waals surface area contributed by atoms with Crippen molar-refractivity contribution in [1.82, 2.24) is 5.32 Å². The van der Waals surface area contributed by atoms with E-state index in [4.69, 9.17) is 0 Å². The van der Waals surface area contributed by atoms with Gasteiger partial charge >= 0.3 is 0 Å². The molecule has 0 aromatic heterocycles. The van der Waals surface area contributed by atoms with Crippen LogP contribution in [0.2, 0.25) is 0 Å². The Morgan fingerprint density at radius 2 is 1.88 bits per heavy atom. The van der Waals surface area contributed by atoms with Crippen LogP contribution in [0.4, 0.5) is 0 Å². The van der Waals surface area contributed by atoms with Crippen molar-refractivity contribution in [3.8, 4) is 0 Å². The molecule has 0 radical (unpaired) electrons. The first-order valence-corrected chi connectivity index (χ1v) is 3.67. The molecule has 8 heavy (non-hydrogen) atoms. The minimum Gasteiger partial charge on any atom is -0.311 e. The average Bonchev–Trinajstić information content (AvgIpc) is 1.65. The molecule has 0 fully saturated rings. The first kappa shape index (κ1) is 8.31. The van der Waals surface area contributed by atoms with Crippen LogP contribution in [0.3, 0.4) is 0 Å². The second-order valence-corrected chi connectivity index (χ2v) is 2.77. The van der Waals surface area contributed by atoms with Crippen molar-refractivity contribution in [1.29, 1.82) is 0 Å². The molecule has 2 heteroatoms. The van der Waals surface area contributed by atoms with E-state index in [2.05, 4.69) is 38.7 Å². The minimum absolute atomic E-state index is 0.540. The molecule has 0 amide bonds. The number of rotatable bonds is 3. The van der Waals surface area contributed by atoms with Gasteiger partial charge in [0.2, 0.25) is 0 Å². The fourth-order valence-electron chi connectivity index (χ4n) is 0.622. The Kier molecular flexibility index (Phi) is 4.38. The molecule has 0 aliphatic carbocycles. The van der Waals surface area contributed by atoms with Crippen molar-refractivity contribution in [2.45, 2.75) is 32.9 Å². The number of thiol groups is 1. The topological polar surface area (TPSA) is 12.0 Å². The van der Waals surface area contributed by atoms with Crippen LogP contribution >= 0.6 is 12.6 Å². The summed E-state index contributed by atoms with van der Waals surface area (Å²) in [4.78, 5) is 0. The summed E-state index contributed by atoms with van der Waals surface area (Å²) in [6.45, 7) is 6.41. The Morgan fingerprint density at radius 3 is 2.00 bits per heavy atom. The third kappa shape index (κ3) is 4.47. The maximum Gasteiger partial charge on any atom is 0.0129 e. The van der Waals surface area contributed by atoms with Gasteiger partial charge in [-0.15, -0.1) is 0 Å². The van der Waals surface area contributed by atoms with Crippen molar-refractivity contribution in [2.75, 3.05) is 5.75 Å². The van der Waals surface area contributed by atoms with Crippen LogP contribution in [0, 0.1) is 0 Å². The second kappa shape index (κ2) is 4.21. The lowest BCUT2D eigenvalue weighted by Gasteiger charge is -2.13. The maximum absolute atomic E-state index is 4.13. The molecule has 50 valence electrons. The van der Waals surface area contributed by atoms with Crippen LogP contribution in [0.5, 0.6) is 0 Å². The van der Waals surface area contributed by atoms with Gasteiger partial charge in [0.1, 0.15) is 0 Å². The highest BCUT2D eigenvalue weighted by Gasteiger charge is 1.97. The van der Waals surface area contributed by atoms with Crippen LogP contribution < -0.4 is 5.32 Å². The molecule has 0 aliphatic heterocycles. The van der Waals surface area contributed by atoms with Crippen LogP contribution in [0.25, 0.3) is 0 Å². The summed E-state index contributed by atoms with van der Waals surface area (Å²) < 4.78 is 0. The van der Waals surface area contributed by atoms with E-state index in [0.717, 1.165) is 5.75 Å². The molecular weight excluding hydrogens is 118 g/mol. The van der Waals surface area contributed by atoms with Crippen molar-refractivity contribution in [3.05, 3.63) is 0 Å². The minimum atomic E-state index is 0.540. The van der Waals surface area contributed by atoms with Gasteiger partial charge in [-0.2, -0.15) is 12.6 Å². The number of nitrogens with one attached hydrogen (secondary N) is 1. The molecule has 0 heterocycles. The zero-order valence-electron chi connectivity index (χ0n) is 5.81. The van der Waals surface area contributed by atoms with Gasteiger partial charge in [0.15, 0.2) is 0 Å². The Balaban J connectivity index is 3.10.